The minimum atomic E-state index is 0.723. The molecule has 15 heavy (non-hydrogen) atoms. The maximum absolute atomic E-state index is 3.76. The van der Waals surface area contributed by atoms with Crippen LogP contribution in [0.5, 0.6) is 0 Å². The Morgan fingerprint density at radius 1 is 1.00 bits per heavy atom. The van der Waals surface area contributed by atoms with E-state index in [-0.39, 0.29) is 0 Å². The van der Waals surface area contributed by atoms with Gasteiger partial charge in [0.15, 0.2) is 0 Å². The van der Waals surface area contributed by atoms with Crippen LogP contribution in [-0.4, -0.2) is 12.6 Å². The first-order chi connectivity index (χ1) is 7.35. The van der Waals surface area contributed by atoms with Crippen molar-refractivity contribution in [3.63, 3.8) is 0 Å². The molecule has 0 aliphatic rings. The fraction of sp³-hybridized carbons (Fsp3) is 0.857. The van der Waals surface area contributed by atoms with Gasteiger partial charge in [0.2, 0.25) is 0 Å². The average Bonchev–Trinajstić information content (AvgIpc) is 2.25. The first-order valence-corrected chi connectivity index (χ1v) is 6.69. The number of hydrogen-bond acceptors (Lipinski definition) is 1. The van der Waals surface area contributed by atoms with Gasteiger partial charge in [-0.3, -0.25) is 0 Å². The minimum absolute atomic E-state index is 0.723. The molecule has 0 aliphatic heterocycles. The van der Waals surface area contributed by atoms with Crippen LogP contribution in [0.3, 0.4) is 0 Å². The summed E-state index contributed by atoms with van der Waals surface area (Å²) in [7, 11) is 0. The van der Waals surface area contributed by atoms with E-state index in [9.17, 15) is 0 Å². The van der Waals surface area contributed by atoms with E-state index < -0.39 is 0 Å². The van der Waals surface area contributed by atoms with E-state index >= 15 is 0 Å². The molecule has 90 valence electrons. The van der Waals surface area contributed by atoms with Gasteiger partial charge in [-0.25, -0.2) is 0 Å². The summed E-state index contributed by atoms with van der Waals surface area (Å²) in [6.07, 6.45) is 12.8. The first-order valence-electron chi connectivity index (χ1n) is 6.69. The van der Waals surface area contributed by atoms with E-state index in [2.05, 4.69) is 25.7 Å². The Hall–Kier alpha value is -0.300. The van der Waals surface area contributed by atoms with Crippen molar-refractivity contribution in [1.82, 2.24) is 5.32 Å². The Labute approximate surface area is 96.3 Å². The van der Waals surface area contributed by atoms with Gasteiger partial charge < -0.3 is 5.32 Å². The quantitative estimate of drug-likeness (QED) is 0.397. The fourth-order valence-electron chi connectivity index (χ4n) is 1.88. The molecule has 0 aromatic carbocycles. The van der Waals surface area contributed by atoms with Crippen molar-refractivity contribution in [1.29, 1.82) is 0 Å². The maximum Gasteiger partial charge on any atom is 0.0134 e. The summed E-state index contributed by atoms with van der Waals surface area (Å²) in [4.78, 5) is 0. The molecule has 1 N–H and O–H groups in total. The molecule has 0 aromatic heterocycles. The number of nitrogens with one attached hydrogen (secondary N) is 1. The summed E-state index contributed by atoms with van der Waals surface area (Å²) >= 11 is 0. The van der Waals surface area contributed by atoms with Crippen LogP contribution in [0.2, 0.25) is 0 Å². The Morgan fingerprint density at radius 2 is 1.53 bits per heavy atom. The molecular weight excluding hydrogens is 182 g/mol. The topological polar surface area (TPSA) is 12.0 Å². The molecule has 0 aromatic rings. The molecule has 0 radical (unpaired) electrons. The van der Waals surface area contributed by atoms with Crippen molar-refractivity contribution in [3.8, 4) is 0 Å². The van der Waals surface area contributed by atoms with Gasteiger partial charge in [-0.1, -0.05) is 58.4 Å². The smallest absolute Gasteiger partial charge is 0.0134 e. The van der Waals surface area contributed by atoms with Gasteiger partial charge in [0, 0.05) is 12.6 Å². The lowest BCUT2D eigenvalue weighted by Gasteiger charge is -2.17. The van der Waals surface area contributed by atoms with Gasteiger partial charge in [-0.15, -0.1) is 6.58 Å². The lowest BCUT2D eigenvalue weighted by atomic mass is 10.0. The fourth-order valence-corrected chi connectivity index (χ4v) is 1.88. The maximum atomic E-state index is 3.76. The molecule has 0 saturated carbocycles. The molecule has 0 spiro atoms. The van der Waals surface area contributed by atoms with Gasteiger partial charge in [0.25, 0.3) is 0 Å². The summed E-state index contributed by atoms with van der Waals surface area (Å²) in [6, 6.07) is 0.723. The summed E-state index contributed by atoms with van der Waals surface area (Å²) in [5.41, 5.74) is 0. The van der Waals surface area contributed by atoms with E-state index in [0.29, 0.717) is 0 Å². The second kappa shape index (κ2) is 11.8. The summed E-state index contributed by atoms with van der Waals surface area (Å²) < 4.78 is 0. The molecule has 1 nitrogen and oxygen atoms in total. The van der Waals surface area contributed by atoms with Crippen LogP contribution in [0.1, 0.15) is 65.2 Å². The van der Waals surface area contributed by atoms with Gasteiger partial charge in [-0.2, -0.15) is 0 Å². The van der Waals surface area contributed by atoms with E-state index in [0.717, 1.165) is 12.6 Å². The summed E-state index contributed by atoms with van der Waals surface area (Å²) in [6.45, 7) is 9.26. The molecule has 0 saturated heterocycles. The Balaban J connectivity index is 3.57. The highest BCUT2D eigenvalue weighted by Gasteiger charge is 2.05. The molecule has 0 heterocycles. The van der Waals surface area contributed by atoms with Crippen LogP contribution in [0.15, 0.2) is 12.7 Å². The molecule has 0 atom stereocenters. The van der Waals surface area contributed by atoms with Gasteiger partial charge in [0.05, 0.1) is 0 Å². The van der Waals surface area contributed by atoms with Gasteiger partial charge in [-0.05, 0) is 12.8 Å². The monoisotopic (exact) mass is 211 g/mol. The van der Waals surface area contributed by atoms with Gasteiger partial charge in [0.1, 0.15) is 0 Å². The van der Waals surface area contributed by atoms with Crippen LogP contribution in [0.25, 0.3) is 0 Å². The van der Waals surface area contributed by atoms with E-state index in [1.807, 2.05) is 6.08 Å². The van der Waals surface area contributed by atoms with Crippen LogP contribution in [0.4, 0.5) is 0 Å². The third-order valence-corrected chi connectivity index (χ3v) is 2.86. The molecular formula is C14H29N. The van der Waals surface area contributed by atoms with Crippen molar-refractivity contribution in [2.45, 2.75) is 71.3 Å². The van der Waals surface area contributed by atoms with Crippen LogP contribution in [-0.2, 0) is 0 Å². The molecule has 0 unspecified atom stereocenters. The zero-order chi connectivity index (χ0) is 11.4. The number of unbranched alkanes of at least 4 members (excludes halogenated alkanes) is 4. The minimum Gasteiger partial charge on any atom is -0.311 e. The van der Waals surface area contributed by atoms with Crippen LogP contribution >= 0.6 is 0 Å². The van der Waals surface area contributed by atoms with E-state index in [4.69, 9.17) is 0 Å². The lowest BCUT2D eigenvalue weighted by molar-refractivity contribution is 0.434. The highest BCUT2D eigenvalue weighted by Crippen LogP contribution is 2.10. The Bertz CT molecular complexity index is 121. The van der Waals surface area contributed by atoms with Crippen molar-refractivity contribution >= 4 is 0 Å². The molecule has 0 rings (SSSR count). The molecule has 0 amide bonds. The van der Waals surface area contributed by atoms with Crippen molar-refractivity contribution in [3.05, 3.63) is 12.7 Å². The predicted molar refractivity (Wildman–Crippen MR) is 70.3 cm³/mol. The molecule has 0 fully saturated rings. The molecule has 0 bridgehead atoms. The average molecular weight is 211 g/mol. The highest BCUT2D eigenvalue weighted by atomic mass is 14.9. The lowest BCUT2D eigenvalue weighted by Crippen LogP contribution is -2.29. The first kappa shape index (κ1) is 14.7. The summed E-state index contributed by atoms with van der Waals surface area (Å²) in [5, 5.41) is 3.57. The zero-order valence-electron chi connectivity index (χ0n) is 10.7. The number of hydrogen-bond donors (Lipinski definition) is 1. The van der Waals surface area contributed by atoms with Crippen LogP contribution < -0.4 is 5.32 Å². The third kappa shape index (κ3) is 9.99. The Kier molecular flexibility index (Phi) is 11.5. The second-order valence-electron chi connectivity index (χ2n) is 4.39. The normalized spacial score (nSPS) is 10.9. The van der Waals surface area contributed by atoms with E-state index in [1.165, 1.54) is 51.4 Å². The third-order valence-electron chi connectivity index (χ3n) is 2.86. The standard InChI is InChI=1S/C14H29N/c1-4-7-9-11-14(15-13-6-3)12-10-8-5-2/h6,14-15H,3-5,7-13H2,1-2H3. The highest BCUT2D eigenvalue weighted by molar-refractivity contribution is 4.75. The SMILES string of the molecule is C=CCNC(CCCCC)CCCCC. The zero-order valence-corrected chi connectivity index (χ0v) is 10.7. The van der Waals surface area contributed by atoms with Crippen LogP contribution in [0, 0.1) is 0 Å². The molecule has 1 heteroatoms. The predicted octanol–water partition coefficient (Wildman–Crippen LogP) is 4.29. The van der Waals surface area contributed by atoms with E-state index in [1.54, 1.807) is 0 Å². The molecule has 0 aliphatic carbocycles. The summed E-state index contributed by atoms with van der Waals surface area (Å²) in [5.74, 6) is 0. The second-order valence-corrected chi connectivity index (χ2v) is 4.39. The Morgan fingerprint density at radius 3 is 1.93 bits per heavy atom. The van der Waals surface area contributed by atoms with Crippen molar-refractivity contribution in [2.24, 2.45) is 0 Å². The largest absolute Gasteiger partial charge is 0.311 e. The van der Waals surface area contributed by atoms with Gasteiger partial charge >= 0.3 is 0 Å². The van der Waals surface area contributed by atoms with Crippen molar-refractivity contribution < 1.29 is 0 Å². The van der Waals surface area contributed by atoms with Crippen molar-refractivity contribution in [2.75, 3.05) is 6.54 Å². The number of rotatable bonds is 11.